The summed E-state index contributed by atoms with van der Waals surface area (Å²) in [6.45, 7) is 0.388. The van der Waals surface area contributed by atoms with Crippen molar-refractivity contribution in [3.8, 4) is 5.75 Å². The Hall–Kier alpha value is -3.71. The molecule has 4 atom stereocenters. The first-order valence-electron chi connectivity index (χ1n) is 10.0. The van der Waals surface area contributed by atoms with Crippen molar-refractivity contribution in [2.45, 2.75) is 50.4 Å². The van der Waals surface area contributed by atoms with Crippen LogP contribution < -0.4 is 27.4 Å². The summed E-state index contributed by atoms with van der Waals surface area (Å²) >= 11 is 0. The number of carbonyl (C=O) groups is 5. The highest BCUT2D eigenvalue weighted by molar-refractivity contribution is 5.94. The summed E-state index contributed by atoms with van der Waals surface area (Å²) in [6.07, 6.45) is -0.429. The Bertz CT molecular complexity index is 861. The number of rotatable bonds is 13. The number of aliphatic carboxylic acids is 1. The van der Waals surface area contributed by atoms with Crippen molar-refractivity contribution in [2.24, 2.45) is 11.5 Å². The van der Waals surface area contributed by atoms with E-state index in [4.69, 9.17) is 16.6 Å². The van der Waals surface area contributed by atoms with E-state index >= 15 is 0 Å². The highest BCUT2D eigenvalue weighted by Gasteiger charge is 2.29. The molecule has 4 unspecified atom stereocenters. The lowest BCUT2D eigenvalue weighted by molar-refractivity contribution is -0.142. The smallest absolute Gasteiger partial charge is 0.325 e. The predicted octanol–water partition coefficient (Wildman–Crippen LogP) is -2.92. The number of aliphatic hydroxyl groups excluding tert-OH is 1. The van der Waals surface area contributed by atoms with Crippen molar-refractivity contribution in [2.75, 3.05) is 6.61 Å². The van der Waals surface area contributed by atoms with E-state index in [-0.39, 0.29) is 25.0 Å². The molecule has 10 N–H and O–H groups in total. The molecule has 0 saturated carbocycles. The minimum absolute atomic E-state index is 0.0430. The number of aliphatic hydroxyl groups is 1. The molecular formula is C20H29N5O8. The third kappa shape index (κ3) is 9.53. The molecule has 4 amide bonds. The van der Waals surface area contributed by atoms with Gasteiger partial charge in [0.1, 0.15) is 23.9 Å². The Kier molecular flexibility index (Phi) is 10.7. The summed E-state index contributed by atoms with van der Waals surface area (Å²) in [6, 6.07) is 0.821. The minimum atomic E-state index is -1.47. The van der Waals surface area contributed by atoms with Gasteiger partial charge in [0.25, 0.3) is 0 Å². The van der Waals surface area contributed by atoms with Crippen LogP contribution in [0.4, 0.5) is 0 Å². The number of phenols is 1. The molecule has 1 aromatic rings. The Morgan fingerprint density at radius 3 is 2.00 bits per heavy atom. The van der Waals surface area contributed by atoms with E-state index < -0.39 is 60.4 Å². The number of phenolic OH excluding ortho intramolecular Hbond substituents is 1. The Balaban J connectivity index is 2.79. The van der Waals surface area contributed by atoms with Crippen molar-refractivity contribution < 1.29 is 39.3 Å². The first-order chi connectivity index (χ1) is 15.4. The Labute approximate surface area is 189 Å². The summed E-state index contributed by atoms with van der Waals surface area (Å²) in [5, 5.41) is 34.5. The largest absolute Gasteiger partial charge is 0.508 e. The van der Waals surface area contributed by atoms with Crippen LogP contribution in [-0.2, 0) is 30.4 Å². The van der Waals surface area contributed by atoms with E-state index in [9.17, 15) is 34.2 Å². The van der Waals surface area contributed by atoms with Crippen molar-refractivity contribution >= 4 is 29.6 Å². The van der Waals surface area contributed by atoms with Gasteiger partial charge in [0.15, 0.2) is 0 Å². The lowest BCUT2D eigenvalue weighted by atomic mass is 10.1. The van der Waals surface area contributed by atoms with Crippen LogP contribution in [0.5, 0.6) is 5.75 Å². The SMILES string of the molecule is CC(NC(=O)C(CCC(N)=O)NC(=O)C(CO)NC(=O)C(N)Cc1ccc(O)cc1)C(=O)O. The van der Waals surface area contributed by atoms with E-state index in [1.165, 1.54) is 19.1 Å². The highest BCUT2D eigenvalue weighted by Crippen LogP contribution is 2.11. The van der Waals surface area contributed by atoms with E-state index in [0.717, 1.165) is 0 Å². The van der Waals surface area contributed by atoms with Crippen molar-refractivity contribution in [3.63, 3.8) is 0 Å². The number of aromatic hydroxyl groups is 1. The Morgan fingerprint density at radius 1 is 0.939 bits per heavy atom. The second-order valence-electron chi connectivity index (χ2n) is 7.36. The van der Waals surface area contributed by atoms with Crippen molar-refractivity contribution in [1.82, 2.24) is 16.0 Å². The van der Waals surface area contributed by atoms with Crippen LogP contribution in [0.2, 0.25) is 0 Å². The molecule has 0 heterocycles. The van der Waals surface area contributed by atoms with Gasteiger partial charge in [-0.05, 0) is 37.5 Å². The molecule has 13 heteroatoms. The standard InChI is InChI=1S/C20H29N5O8/c1-10(20(32)33)23-18(30)14(6-7-16(22)28)24-19(31)15(9-26)25-17(29)13(21)8-11-2-4-12(27)5-3-11/h2-5,10,13-15,26-27H,6-9,21H2,1H3,(H2,22,28)(H,23,30)(H,24,31)(H,25,29)(H,32,33). The molecule has 13 nitrogen and oxygen atoms in total. The quantitative estimate of drug-likeness (QED) is 0.148. The lowest BCUT2D eigenvalue weighted by Gasteiger charge is -2.23. The highest BCUT2D eigenvalue weighted by atomic mass is 16.4. The van der Waals surface area contributed by atoms with Crippen LogP contribution in [0, 0.1) is 0 Å². The Morgan fingerprint density at radius 2 is 1.48 bits per heavy atom. The number of nitrogens with one attached hydrogen (secondary N) is 3. The molecule has 33 heavy (non-hydrogen) atoms. The third-order valence-corrected chi connectivity index (χ3v) is 4.59. The molecular weight excluding hydrogens is 438 g/mol. The summed E-state index contributed by atoms with van der Waals surface area (Å²) in [7, 11) is 0. The number of carboxylic acid groups (broad SMARTS) is 1. The number of nitrogens with two attached hydrogens (primary N) is 2. The van der Waals surface area contributed by atoms with E-state index in [1.54, 1.807) is 12.1 Å². The fourth-order valence-corrected chi connectivity index (χ4v) is 2.65. The summed E-state index contributed by atoms with van der Waals surface area (Å²) in [5.74, 6) is -4.61. The second-order valence-corrected chi connectivity index (χ2v) is 7.36. The fraction of sp³-hybridized carbons (Fsp3) is 0.450. The summed E-state index contributed by atoms with van der Waals surface area (Å²) in [5.41, 5.74) is 11.6. The van der Waals surface area contributed by atoms with Gasteiger partial charge in [-0.15, -0.1) is 0 Å². The van der Waals surface area contributed by atoms with Crippen LogP contribution in [0.25, 0.3) is 0 Å². The van der Waals surface area contributed by atoms with Crippen LogP contribution >= 0.6 is 0 Å². The topological polar surface area (TPSA) is 234 Å². The molecule has 0 radical (unpaired) electrons. The summed E-state index contributed by atoms with van der Waals surface area (Å²) in [4.78, 5) is 59.3. The number of carboxylic acids is 1. The minimum Gasteiger partial charge on any atom is -0.508 e. The maximum Gasteiger partial charge on any atom is 0.325 e. The molecule has 0 fully saturated rings. The third-order valence-electron chi connectivity index (χ3n) is 4.59. The predicted molar refractivity (Wildman–Crippen MR) is 114 cm³/mol. The van der Waals surface area contributed by atoms with Crippen LogP contribution in [0.3, 0.4) is 0 Å². The summed E-state index contributed by atoms with van der Waals surface area (Å²) < 4.78 is 0. The zero-order chi connectivity index (χ0) is 25.1. The van der Waals surface area contributed by atoms with Crippen molar-refractivity contribution in [1.29, 1.82) is 0 Å². The number of hydrogen-bond acceptors (Lipinski definition) is 8. The second kappa shape index (κ2) is 13.0. The van der Waals surface area contributed by atoms with Crippen LogP contribution in [0.1, 0.15) is 25.3 Å². The maximum atomic E-state index is 12.5. The first-order valence-corrected chi connectivity index (χ1v) is 10.0. The fourth-order valence-electron chi connectivity index (χ4n) is 2.65. The van der Waals surface area contributed by atoms with Gasteiger partial charge in [0, 0.05) is 6.42 Å². The lowest BCUT2D eigenvalue weighted by Crippen LogP contribution is -2.58. The van der Waals surface area contributed by atoms with E-state index in [2.05, 4.69) is 16.0 Å². The first kappa shape index (κ1) is 27.3. The molecule has 0 aliphatic carbocycles. The van der Waals surface area contributed by atoms with Gasteiger partial charge in [-0.25, -0.2) is 0 Å². The molecule has 0 spiro atoms. The van der Waals surface area contributed by atoms with Gasteiger partial charge in [-0.2, -0.15) is 0 Å². The number of carbonyl (C=O) groups excluding carboxylic acids is 4. The van der Waals surface area contributed by atoms with Gasteiger partial charge >= 0.3 is 5.97 Å². The molecule has 1 rings (SSSR count). The van der Waals surface area contributed by atoms with Crippen LogP contribution in [-0.4, -0.2) is 75.7 Å². The molecule has 1 aromatic carbocycles. The van der Waals surface area contributed by atoms with Gasteiger partial charge in [0.2, 0.25) is 23.6 Å². The average molecular weight is 467 g/mol. The van der Waals surface area contributed by atoms with Gasteiger partial charge < -0.3 is 42.7 Å². The van der Waals surface area contributed by atoms with Crippen molar-refractivity contribution in [3.05, 3.63) is 29.8 Å². The van der Waals surface area contributed by atoms with E-state index in [0.29, 0.717) is 5.56 Å². The van der Waals surface area contributed by atoms with Gasteiger partial charge in [-0.3, -0.25) is 24.0 Å². The molecule has 182 valence electrons. The average Bonchev–Trinajstić information content (AvgIpc) is 2.75. The maximum absolute atomic E-state index is 12.5. The normalized spacial score (nSPS) is 14.3. The molecule has 0 aromatic heterocycles. The number of primary amides is 1. The van der Waals surface area contributed by atoms with E-state index in [1.807, 2.05) is 0 Å². The molecule has 0 saturated heterocycles. The van der Waals surface area contributed by atoms with Gasteiger partial charge in [-0.1, -0.05) is 12.1 Å². The monoisotopic (exact) mass is 467 g/mol. The molecule has 0 aliphatic heterocycles. The zero-order valence-corrected chi connectivity index (χ0v) is 18.0. The van der Waals surface area contributed by atoms with Crippen LogP contribution in [0.15, 0.2) is 24.3 Å². The molecule has 0 bridgehead atoms. The number of hydrogen-bond donors (Lipinski definition) is 8. The zero-order valence-electron chi connectivity index (χ0n) is 18.0. The van der Waals surface area contributed by atoms with Gasteiger partial charge in [0.05, 0.1) is 12.6 Å². The number of benzene rings is 1. The molecule has 0 aliphatic rings. The number of amides is 4.